The molecule has 0 bridgehead atoms. The minimum absolute atomic E-state index is 0.0819. The van der Waals surface area contributed by atoms with Crippen LogP contribution in [0.3, 0.4) is 0 Å². The lowest BCUT2D eigenvalue weighted by molar-refractivity contribution is -0.611. The fraction of sp³-hybridized carbons (Fsp3) is 0.429. The summed E-state index contributed by atoms with van der Waals surface area (Å²) < 4.78 is 0.861. The third kappa shape index (κ3) is 5.42. The Labute approximate surface area is 212 Å². The second kappa shape index (κ2) is 10.9. The van der Waals surface area contributed by atoms with Gasteiger partial charge in [-0.2, -0.15) is 9.83 Å². The van der Waals surface area contributed by atoms with Crippen molar-refractivity contribution in [3.63, 3.8) is 0 Å². The molecule has 3 N–H and O–H groups in total. The smallest absolute Gasteiger partial charge is 0.255 e. The largest absolute Gasteiger partial charge is 0.618 e. The molecule has 0 aliphatic heterocycles. The van der Waals surface area contributed by atoms with Crippen molar-refractivity contribution in [3.8, 4) is 11.1 Å². The number of pyridine rings is 1. The highest BCUT2D eigenvalue weighted by molar-refractivity contribution is 6.01. The summed E-state index contributed by atoms with van der Waals surface area (Å²) in [7, 11) is 0. The van der Waals surface area contributed by atoms with Gasteiger partial charge in [-0.1, -0.05) is 45.2 Å². The van der Waals surface area contributed by atoms with E-state index in [4.69, 9.17) is 0 Å². The monoisotopic (exact) mass is 489 g/mol. The highest BCUT2D eigenvalue weighted by atomic mass is 16.5. The molecule has 0 radical (unpaired) electrons. The van der Waals surface area contributed by atoms with E-state index in [1.54, 1.807) is 13.0 Å². The number of benzene rings is 1. The molecular weight excluding hydrogens is 454 g/mol. The first-order valence-electron chi connectivity index (χ1n) is 12.7. The number of aromatic nitrogens is 3. The van der Waals surface area contributed by atoms with E-state index in [2.05, 4.69) is 20.8 Å². The summed E-state index contributed by atoms with van der Waals surface area (Å²) in [5.74, 6) is -0.309. The van der Waals surface area contributed by atoms with Crippen LogP contribution in [0.5, 0.6) is 0 Å². The molecule has 8 nitrogen and oxygen atoms in total. The van der Waals surface area contributed by atoms with Gasteiger partial charge in [-0.15, -0.1) is 0 Å². The van der Waals surface area contributed by atoms with Crippen molar-refractivity contribution in [3.05, 3.63) is 70.4 Å². The molecule has 0 saturated heterocycles. The average Bonchev–Trinajstić information content (AvgIpc) is 3.37. The van der Waals surface area contributed by atoms with Crippen LogP contribution in [0.4, 0.5) is 5.69 Å². The second-order valence-electron chi connectivity index (χ2n) is 10.1. The lowest BCUT2D eigenvalue weighted by Crippen LogP contribution is -2.49. The molecular formula is C28H35N5O3. The van der Waals surface area contributed by atoms with Gasteiger partial charge in [0.1, 0.15) is 6.04 Å². The molecule has 190 valence electrons. The molecule has 1 fully saturated rings. The fourth-order valence-electron chi connectivity index (χ4n) is 5.15. The Morgan fingerprint density at radius 3 is 2.44 bits per heavy atom. The summed E-state index contributed by atoms with van der Waals surface area (Å²) in [5.41, 5.74) is 5.32. The van der Waals surface area contributed by atoms with Gasteiger partial charge >= 0.3 is 0 Å². The van der Waals surface area contributed by atoms with Crippen LogP contribution >= 0.6 is 0 Å². The molecule has 0 unspecified atom stereocenters. The number of anilines is 1. The normalized spacial score (nSPS) is 15.0. The van der Waals surface area contributed by atoms with Crippen LogP contribution in [0.15, 0.2) is 42.7 Å². The van der Waals surface area contributed by atoms with Gasteiger partial charge in [0.25, 0.3) is 5.91 Å². The van der Waals surface area contributed by atoms with Crippen molar-refractivity contribution in [2.75, 3.05) is 5.32 Å². The zero-order chi connectivity index (χ0) is 25.8. The van der Waals surface area contributed by atoms with E-state index in [-0.39, 0.29) is 23.7 Å². The van der Waals surface area contributed by atoms with Crippen LogP contribution in [-0.2, 0) is 4.79 Å². The standard InChI is InChI=1S/C28H35N5O3/c1-17(2)25-23(16-29-32-25)27(34)31-26(21-8-6-5-7-9-21)28(35)30-22-12-10-20(11-13-22)24-18(3)14-15-33(36)19(24)4/h10-17,21,26H,5-9H2,1-4H3,(H,29,32)(H,30,35)(H,31,34)/t26-/m1/s1. The first-order valence-corrected chi connectivity index (χ1v) is 12.7. The second-order valence-corrected chi connectivity index (χ2v) is 10.1. The van der Waals surface area contributed by atoms with Crippen molar-refractivity contribution >= 4 is 17.5 Å². The molecule has 3 aromatic rings. The predicted molar refractivity (Wildman–Crippen MR) is 139 cm³/mol. The number of carbonyl (C=O) groups is 2. The predicted octanol–water partition coefficient (Wildman–Crippen LogP) is 4.77. The first kappa shape index (κ1) is 25.4. The van der Waals surface area contributed by atoms with Gasteiger partial charge in [0.15, 0.2) is 11.9 Å². The van der Waals surface area contributed by atoms with Crippen molar-refractivity contribution in [1.82, 2.24) is 15.5 Å². The number of hydrogen-bond acceptors (Lipinski definition) is 4. The molecule has 1 aliphatic carbocycles. The molecule has 0 spiro atoms. The van der Waals surface area contributed by atoms with E-state index >= 15 is 0 Å². The third-order valence-electron chi connectivity index (χ3n) is 7.17. The van der Waals surface area contributed by atoms with Crippen LogP contribution in [0.2, 0.25) is 0 Å². The van der Waals surface area contributed by atoms with Gasteiger partial charge in [0.05, 0.1) is 23.0 Å². The van der Waals surface area contributed by atoms with Crippen LogP contribution in [-0.4, -0.2) is 28.1 Å². The SMILES string of the molecule is Cc1cc[n+]([O-])c(C)c1-c1ccc(NC(=O)[C@H](NC(=O)c2cn[nH]c2C(C)C)C2CCCCC2)cc1. The van der Waals surface area contributed by atoms with Crippen LogP contribution in [0.25, 0.3) is 11.1 Å². The maximum atomic E-state index is 13.4. The van der Waals surface area contributed by atoms with Crippen LogP contribution < -0.4 is 15.4 Å². The lowest BCUT2D eigenvalue weighted by atomic mass is 9.83. The van der Waals surface area contributed by atoms with E-state index in [0.717, 1.165) is 59.2 Å². The molecule has 8 heteroatoms. The molecule has 1 aromatic carbocycles. The summed E-state index contributed by atoms with van der Waals surface area (Å²) in [6.45, 7) is 7.76. The van der Waals surface area contributed by atoms with Crippen molar-refractivity contribution in [2.45, 2.75) is 71.8 Å². The quantitative estimate of drug-likeness (QED) is 0.328. The van der Waals surface area contributed by atoms with Crippen molar-refractivity contribution < 1.29 is 14.3 Å². The Morgan fingerprint density at radius 1 is 1.08 bits per heavy atom. The Kier molecular flexibility index (Phi) is 7.72. The molecule has 2 amide bonds. The minimum atomic E-state index is -0.634. The maximum absolute atomic E-state index is 13.4. The highest BCUT2D eigenvalue weighted by Crippen LogP contribution is 2.29. The van der Waals surface area contributed by atoms with E-state index in [0.29, 0.717) is 16.9 Å². The van der Waals surface area contributed by atoms with Gasteiger partial charge in [0, 0.05) is 18.7 Å². The van der Waals surface area contributed by atoms with Crippen molar-refractivity contribution in [2.24, 2.45) is 5.92 Å². The van der Waals surface area contributed by atoms with Crippen LogP contribution in [0, 0.1) is 25.0 Å². The maximum Gasteiger partial charge on any atom is 0.255 e. The van der Waals surface area contributed by atoms with Gasteiger partial charge in [-0.25, -0.2) is 0 Å². The summed E-state index contributed by atoms with van der Waals surface area (Å²) in [6, 6.07) is 8.64. The summed E-state index contributed by atoms with van der Waals surface area (Å²) in [4.78, 5) is 26.6. The molecule has 1 atom stereocenters. The molecule has 2 aromatic heterocycles. The van der Waals surface area contributed by atoms with Gasteiger partial charge in [-0.05, 0) is 54.9 Å². The highest BCUT2D eigenvalue weighted by Gasteiger charge is 2.32. The molecule has 36 heavy (non-hydrogen) atoms. The van der Waals surface area contributed by atoms with Gasteiger partial charge in [-0.3, -0.25) is 14.7 Å². The lowest BCUT2D eigenvalue weighted by Gasteiger charge is -2.30. The zero-order valence-corrected chi connectivity index (χ0v) is 21.4. The fourth-order valence-corrected chi connectivity index (χ4v) is 5.15. The minimum Gasteiger partial charge on any atom is -0.618 e. The van der Waals surface area contributed by atoms with E-state index < -0.39 is 6.04 Å². The summed E-state index contributed by atoms with van der Waals surface area (Å²) >= 11 is 0. The molecule has 1 saturated carbocycles. The molecule has 2 heterocycles. The number of carbonyl (C=O) groups excluding carboxylic acids is 2. The number of nitrogens with zero attached hydrogens (tertiary/aromatic N) is 2. The number of aryl methyl sites for hydroxylation is 1. The van der Waals surface area contributed by atoms with Crippen LogP contribution in [0.1, 0.15) is 79.2 Å². The van der Waals surface area contributed by atoms with E-state index in [9.17, 15) is 14.8 Å². The summed E-state index contributed by atoms with van der Waals surface area (Å²) in [6.07, 6.45) is 8.10. The molecule has 1 aliphatic rings. The first-order chi connectivity index (χ1) is 17.3. The van der Waals surface area contributed by atoms with Gasteiger partial charge in [0.2, 0.25) is 5.91 Å². The number of nitrogens with one attached hydrogen (secondary N) is 3. The number of amides is 2. The summed E-state index contributed by atoms with van der Waals surface area (Å²) in [5, 5.41) is 25.0. The third-order valence-corrected chi connectivity index (χ3v) is 7.17. The van der Waals surface area contributed by atoms with E-state index in [1.165, 1.54) is 12.4 Å². The topological polar surface area (TPSA) is 114 Å². The Balaban J connectivity index is 1.53. The number of aromatic amines is 1. The van der Waals surface area contributed by atoms with Gasteiger partial charge < -0.3 is 15.8 Å². The van der Waals surface area contributed by atoms with E-state index in [1.807, 2.05) is 45.0 Å². The zero-order valence-electron chi connectivity index (χ0n) is 21.4. The Hall–Kier alpha value is -3.68. The number of hydrogen-bond donors (Lipinski definition) is 3. The Bertz CT molecular complexity index is 1230. The Morgan fingerprint density at radius 2 is 1.78 bits per heavy atom. The molecule has 4 rings (SSSR count). The average molecular weight is 490 g/mol. The number of rotatable bonds is 7. The number of H-pyrrole nitrogens is 1. The van der Waals surface area contributed by atoms with Crippen molar-refractivity contribution in [1.29, 1.82) is 0 Å².